The van der Waals surface area contributed by atoms with Gasteiger partial charge in [0.25, 0.3) is 0 Å². The molecule has 1 saturated heterocycles. The fraction of sp³-hybridized carbons (Fsp3) is 0.548. The summed E-state index contributed by atoms with van der Waals surface area (Å²) < 4.78 is 26.2. The molecule has 2 aliphatic rings. The van der Waals surface area contributed by atoms with Gasteiger partial charge in [0.05, 0.1) is 12.7 Å². The van der Waals surface area contributed by atoms with Gasteiger partial charge in [-0.15, -0.1) is 0 Å². The standard InChI is InChI=1S/C21H24FN5O2.C10H19NO2/c1-21(2,3)29-20(28)26(12-13-5-4-6-15(22)9-13)18-10-17(23)25-19-16(14-7-8-14)11-24-27(18)19;1-10(2,3)13-9(12)11-7-5-4-6-8-11/h4-6,9-11,14H,7-8,12H2,1-3H3,(H2,23,25);4-8H2,1-3H3. The lowest BCUT2D eigenvalue weighted by atomic mass is 10.1. The van der Waals surface area contributed by atoms with E-state index < -0.39 is 11.7 Å². The Balaban J connectivity index is 0.000000262. The summed E-state index contributed by atoms with van der Waals surface area (Å²) in [5.74, 6) is 0.759. The number of rotatable bonds is 4. The van der Waals surface area contributed by atoms with Crippen molar-refractivity contribution in [3.05, 3.63) is 53.5 Å². The molecule has 1 aliphatic carbocycles. The van der Waals surface area contributed by atoms with Gasteiger partial charge in [-0.25, -0.2) is 19.0 Å². The number of halogens is 1. The second-order valence-corrected chi connectivity index (χ2v) is 12.9. The summed E-state index contributed by atoms with van der Waals surface area (Å²) in [7, 11) is 0. The molecule has 11 heteroatoms. The number of aromatic nitrogens is 3. The molecule has 1 saturated carbocycles. The highest BCUT2D eigenvalue weighted by molar-refractivity contribution is 5.88. The third kappa shape index (κ3) is 8.56. The molecule has 2 fully saturated rings. The van der Waals surface area contributed by atoms with Crippen LogP contribution >= 0.6 is 0 Å². The lowest BCUT2D eigenvalue weighted by molar-refractivity contribution is 0.0215. The van der Waals surface area contributed by atoms with Gasteiger partial charge in [-0.3, -0.25) is 4.90 Å². The maximum absolute atomic E-state index is 13.7. The Bertz CT molecular complexity index is 1400. The minimum absolute atomic E-state index is 0.101. The fourth-order valence-corrected chi connectivity index (χ4v) is 4.63. The summed E-state index contributed by atoms with van der Waals surface area (Å²) in [6, 6.07) is 7.69. The molecule has 2 N–H and O–H groups in total. The summed E-state index contributed by atoms with van der Waals surface area (Å²) in [5.41, 5.74) is 7.28. The van der Waals surface area contributed by atoms with Crippen molar-refractivity contribution in [1.29, 1.82) is 0 Å². The van der Waals surface area contributed by atoms with E-state index >= 15 is 0 Å². The van der Waals surface area contributed by atoms with E-state index in [0.29, 0.717) is 22.9 Å². The topological polar surface area (TPSA) is 115 Å². The minimum Gasteiger partial charge on any atom is -0.444 e. The monoisotopic (exact) mass is 582 g/mol. The van der Waals surface area contributed by atoms with E-state index in [2.05, 4.69) is 10.1 Å². The molecule has 42 heavy (non-hydrogen) atoms. The van der Waals surface area contributed by atoms with E-state index in [9.17, 15) is 14.0 Å². The summed E-state index contributed by atoms with van der Waals surface area (Å²) in [4.78, 5) is 32.2. The molecule has 0 atom stereocenters. The summed E-state index contributed by atoms with van der Waals surface area (Å²) in [5, 5.41) is 4.46. The number of hydrogen-bond donors (Lipinski definition) is 1. The Labute approximate surface area is 247 Å². The molecule has 0 spiro atoms. The molecule has 3 heterocycles. The minimum atomic E-state index is -0.696. The Hall–Kier alpha value is -3.89. The summed E-state index contributed by atoms with van der Waals surface area (Å²) in [6.07, 6.45) is 6.68. The number of fused-ring (bicyclic) bond motifs is 1. The highest BCUT2D eigenvalue weighted by atomic mass is 19.1. The zero-order valence-corrected chi connectivity index (χ0v) is 25.5. The molecule has 228 valence electrons. The van der Waals surface area contributed by atoms with Crippen LogP contribution in [0.1, 0.15) is 90.7 Å². The second-order valence-electron chi connectivity index (χ2n) is 12.9. The van der Waals surface area contributed by atoms with Crippen molar-refractivity contribution in [2.75, 3.05) is 23.7 Å². The Morgan fingerprint density at radius 2 is 1.69 bits per heavy atom. The average molecular weight is 583 g/mol. The van der Waals surface area contributed by atoms with Crippen molar-refractivity contribution in [2.45, 2.75) is 97.3 Å². The Morgan fingerprint density at radius 1 is 1.02 bits per heavy atom. The highest BCUT2D eigenvalue weighted by Gasteiger charge is 2.31. The number of hydrogen-bond acceptors (Lipinski definition) is 7. The molecule has 10 nitrogen and oxygen atoms in total. The average Bonchev–Trinajstić information content (AvgIpc) is 3.65. The van der Waals surface area contributed by atoms with Crippen molar-refractivity contribution in [3.8, 4) is 0 Å². The van der Waals surface area contributed by atoms with Gasteiger partial charge in [0.1, 0.15) is 28.7 Å². The van der Waals surface area contributed by atoms with Crippen molar-refractivity contribution >= 4 is 29.5 Å². The van der Waals surface area contributed by atoms with Crippen molar-refractivity contribution in [2.24, 2.45) is 0 Å². The van der Waals surface area contributed by atoms with E-state index in [-0.39, 0.29) is 29.9 Å². The van der Waals surface area contributed by atoms with Crippen molar-refractivity contribution < 1.29 is 23.5 Å². The molecular weight excluding hydrogens is 539 g/mol. The molecule has 3 aromatic rings. The molecule has 2 aromatic heterocycles. The fourth-order valence-electron chi connectivity index (χ4n) is 4.63. The summed E-state index contributed by atoms with van der Waals surface area (Å²) >= 11 is 0. The van der Waals surface area contributed by atoms with Crippen LogP contribution in [0.3, 0.4) is 0 Å². The number of ether oxygens (including phenoxy) is 2. The summed E-state index contributed by atoms with van der Waals surface area (Å²) in [6.45, 7) is 12.9. The van der Waals surface area contributed by atoms with Gasteiger partial charge in [0.2, 0.25) is 0 Å². The molecule has 1 aromatic carbocycles. The number of carbonyl (C=O) groups excluding carboxylic acids is 2. The van der Waals surface area contributed by atoms with Crippen LogP contribution in [0.25, 0.3) is 5.65 Å². The third-order valence-electron chi connectivity index (χ3n) is 6.65. The number of nitrogens with zero attached hydrogens (tertiary/aromatic N) is 5. The highest BCUT2D eigenvalue weighted by Crippen LogP contribution is 2.42. The van der Waals surface area contributed by atoms with E-state index in [0.717, 1.165) is 44.3 Å². The smallest absolute Gasteiger partial charge is 0.416 e. The zero-order valence-electron chi connectivity index (χ0n) is 25.5. The van der Waals surface area contributed by atoms with Crippen LogP contribution in [0.2, 0.25) is 0 Å². The quantitative estimate of drug-likeness (QED) is 0.365. The first-order chi connectivity index (χ1) is 19.7. The molecule has 0 bridgehead atoms. The van der Waals surface area contributed by atoms with Gasteiger partial charge < -0.3 is 20.1 Å². The number of amides is 2. The zero-order chi connectivity index (χ0) is 30.7. The van der Waals surface area contributed by atoms with Crippen molar-refractivity contribution in [3.63, 3.8) is 0 Å². The maximum Gasteiger partial charge on any atom is 0.416 e. The number of anilines is 2. The predicted molar refractivity (Wildman–Crippen MR) is 160 cm³/mol. The van der Waals surface area contributed by atoms with E-state index in [1.54, 1.807) is 54.6 Å². The van der Waals surface area contributed by atoms with Crippen LogP contribution in [0.4, 0.5) is 25.6 Å². The Kier molecular flexibility index (Phi) is 9.27. The number of nitrogen functional groups attached to an aromatic ring is 1. The van der Waals surface area contributed by atoms with Crippen LogP contribution in [-0.2, 0) is 16.0 Å². The largest absolute Gasteiger partial charge is 0.444 e. The maximum atomic E-state index is 13.7. The lowest BCUT2D eigenvalue weighted by Crippen LogP contribution is -2.39. The lowest BCUT2D eigenvalue weighted by Gasteiger charge is -2.29. The van der Waals surface area contributed by atoms with Crippen LogP contribution in [0, 0.1) is 5.82 Å². The molecule has 0 unspecified atom stereocenters. The van der Waals surface area contributed by atoms with Gasteiger partial charge in [0, 0.05) is 24.7 Å². The van der Waals surface area contributed by atoms with Crippen LogP contribution in [0.15, 0.2) is 36.5 Å². The van der Waals surface area contributed by atoms with Crippen molar-refractivity contribution in [1.82, 2.24) is 19.5 Å². The van der Waals surface area contributed by atoms with Crippen LogP contribution < -0.4 is 10.6 Å². The first-order valence-electron chi connectivity index (χ1n) is 14.6. The molecule has 0 radical (unpaired) electrons. The van der Waals surface area contributed by atoms with Gasteiger partial charge in [-0.1, -0.05) is 12.1 Å². The number of benzene rings is 1. The van der Waals surface area contributed by atoms with Crippen LogP contribution in [0.5, 0.6) is 0 Å². The van der Waals surface area contributed by atoms with Gasteiger partial charge in [0.15, 0.2) is 5.65 Å². The van der Waals surface area contributed by atoms with Gasteiger partial charge >= 0.3 is 12.2 Å². The second kappa shape index (κ2) is 12.5. The molecule has 5 rings (SSSR count). The van der Waals surface area contributed by atoms with E-state index in [4.69, 9.17) is 15.2 Å². The van der Waals surface area contributed by atoms with Gasteiger partial charge in [-0.05, 0) is 97.3 Å². The first kappa shape index (κ1) is 31.1. The van der Waals surface area contributed by atoms with Crippen LogP contribution in [-0.4, -0.2) is 56.0 Å². The number of likely N-dealkylation sites (tertiary alicyclic amines) is 1. The molecule has 1 aliphatic heterocycles. The Morgan fingerprint density at radius 3 is 2.29 bits per heavy atom. The van der Waals surface area contributed by atoms with E-state index in [1.807, 2.05) is 20.8 Å². The molecule has 2 amide bonds. The molecular formula is C31H43FN6O4. The van der Waals surface area contributed by atoms with Gasteiger partial charge in [-0.2, -0.15) is 9.61 Å². The first-order valence-corrected chi connectivity index (χ1v) is 14.6. The predicted octanol–water partition coefficient (Wildman–Crippen LogP) is 6.68. The van der Waals surface area contributed by atoms with E-state index in [1.165, 1.54) is 23.5 Å². The number of nitrogens with two attached hydrogens (primary N) is 1. The SMILES string of the molecule is CC(C)(C)OC(=O)N(Cc1cccc(F)c1)c1cc(N)nc2c(C3CC3)cnn12.CC(C)(C)OC(=O)N1CCCCC1. The number of piperidine rings is 1. The normalized spacial score (nSPS) is 15.5. The number of carbonyl (C=O) groups is 2. The third-order valence-corrected chi connectivity index (χ3v) is 6.65.